The Bertz CT molecular complexity index is 653. The Morgan fingerprint density at radius 1 is 0.889 bits per heavy atom. The molecule has 0 atom stereocenters. The van der Waals surface area contributed by atoms with Gasteiger partial charge in [0.2, 0.25) is 0 Å². The van der Waals surface area contributed by atoms with E-state index in [2.05, 4.69) is 47.4 Å². The Kier molecular flexibility index (Phi) is 2.87. The van der Waals surface area contributed by atoms with Gasteiger partial charge in [-0.15, -0.1) is 0 Å². The Morgan fingerprint density at radius 2 is 1.61 bits per heavy atom. The van der Waals surface area contributed by atoms with Crippen LogP contribution in [-0.4, -0.2) is 4.98 Å². The van der Waals surface area contributed by atoms with Crippen molar-refractivity contribution in [1.29, 1.82) is 0 Å². The molecule has 3 rings (SSSR count). The molecule has 0 amide bonds. The summed E-state index contributed by atoms with van der Waals surface area (Å²) < 4.78 is 0. The maximum atomic E-state index is 5.89. The number of H-pyrrole nitrogens is 1. The minimum Gasteiger partial charge on any atom is -0.358 e. The predicted molar refractivity (Wildman–Crippen MR) is 75.4 cm³/mol. The monoisotopic (exact) mass is 236 g/mol. The first kappa shape index (κ1) is 11.1. The van der Waals surface area contributed by atoms with Crippen LogP contribution in [0.15, 0.2) is 54.6 Å². The van der Waals surface area contributed by atoms with Crippen LogP contribution in [0, 0.1) is 0 Å². The number of nitrogens with one attached hydrogen (secondary N) is 1. The second kappa shape index (κ2) is 4.67. The van der Waals surface area contributed by atoms with Crippen LogP contribution in [0.2, 0.25) is 0 Å². The SMILES string of the molecule is NCc1c(Cc2ccccc2)[nH]c2ccccc12. The normalized spacial score (nSPS) is 10.9. The van der Waals surface area contributed by atoms with E-state index in [0.29, 0.717) is 6.54 Å². The quantitative estimate of drug-likeness (QED) is 0.720. The summed E-state index contributed by atoms with van der Waals surface area (Å²) in [5, 5.41) is 1.24. The number of benzene rings is 2. The maximum Gasteiger partial charge on any atom is 0.0459 e. The Balaban J connectivity index is 2.06. The molecule has 18 heavy (non-hydrogen) atoms. The van der Waals surface area contributed by atoms with Gasteiger partial charge in [-0.3, -0.25) is 0 Å². The third-order valence-corrected chi connectivity index (χ3v) is 3.33. The Labute approximate surface area is 106 Å². The van der Waals surface area contributed by atoms with Gasteiger partial charge in [0.1, 0.15) is 0 Å². The fourth-order valence-corrected chi connectivity index (χ4v) is 2.44. The number of para-hydroxylation sites is 1. The van der Waals surface area contributed by atoms with Crippen molar-refractivity contribution >= 4 is 10.9 Å². The van der Waals surface area contributed by atoms with Gasteiger partial charge >= 0.3 is 0 Å². The van der Waals surface area contributed by atoms with Crippen molar-refractivity contribution in [3.8, 4) is 0 Å². The largest absolute Gasteiger partial charge is 0.358 e. The van der Waals surface area contributed by atoms with Gasteiger partial charge in [-0.1, -0.05) is 48.5 Å². The van der Waals surface area contributed by atoms with E-state index in [1.54, 1.807) is 0 Å². The zero-order valence-corrected chi connectivity index (χ0v) is 10.2. The molecule has 0 fully saturated rings. The van der Waals surface area contributed by atoms with Crippen molar-refractivity contribution in [2.45, 2.75) is 13.0 Å². The van der Waals surface area contributed by atoms with Gasteiger partial charge in [0, 0.05) is 29.6 Å². The molecule has 1 aromatic heterocycles. The van der Waals surface area contributed by atoms with Crippen LogP contribution < -0.4 is 5.73 Å². The standard InChI is InChI=1S/C16H16N2/c17-11-14-13-8-4-5-9-15(13)18-16(14)10-12-6-2-1-3-7-12/h1-9,18H,10-11,17H2. The summed E-state index contributed by atoms with van der Waals surface area (Å²) in [4.78, 5) is 3.48. The fourth-order valence-electron chi connectivity index (χ4n) is 2.44. The first-order chi connectivity index (χ1) is 8.88. The van der Waals surface area contributed by atoms with Crippen molar-refractivity contribution in [2.24, 2.45) is 5.73 Å². The van der Waals surface area contributed by atoms with E-state index >= 15 is 0 Å². The lowest BCUT2D eigenvalue weighted by molar-refractivity contribution is 1.01. The van der Waals surface area contributed by atoms with Crippen LogP contribution in [-0.2, 0) is 13.0 Å². The molecule has 0 aliphatic carbocycles. The maximum absolute atomic E-state index is 5.89. The van der Waals surface area contributed by atoms with E-state index in [1.165, 1.54) is 27.7 Å². The van der Waals surface area contributed by atoms with Crippen molar-refractivity contribution in [3.05, 3.63) is 71.4 Å². The van der Waals surface area contributed by atoms with Gasteiger partial charge in [-0.05, 0) is 17.2 Å². The highest BCUT2D eigenvalue weighted by atomic mass is 14.7. The number of hydrogen-bond acceptors (Lipinski definition) is 1. The summed E-state index contributed by atoms with van der Waals surface area (Å²) in [7, 11) is 0. The van der Waals surface area contributed by atoms with Gasteiger partial charge < -0.3 is 10.7 Å². The number of nitrogens with two attached hydrogens (primary N) is 1. The molecule has 0 bridgehead atoms. The first-order valence-electron chi connectivity index (χ1n) is 6.21. The predicted octanol–water partition coefficient (Wildman–Crippen LogP) is 3.22. The van der Waals surface area contributed by atoms with Crippen LogP contribution in [0.5, 0.6) is 0 Å². The first-order valence-corrected chi connectivity index (χ1v) is 6.21. The third-order valence-electron chi connectivity index (χ3n) is 3.33. The number of aromatic amines is 1. The number of rotatable bonds is 3. The topological polar surface area (TPSA) is 41.8 Å². The van der Waals surface area contributed by atoms with Crippen molar-refractivity contribution in [2.75, 3.05) is 0 Å². The average molecular weight is 236 g/mol. The molecule has 0 saturated carbocycles. The molecule has 1 heterocycles. The van der Waals surface area contributed by atoms with Crippen LogP contribution in [0.25, 0.3) is 10.9 Å². The zero-order valence-electron chi connectivity index (χ0n) is 10.2. The summed E-state index contributed by atoms with van der Waals surface area (Å²) in [6, 6.07) is 18.8. The molecule has 2 heteroatoms. The van der Waals surface area contributed by atoms with E-state index < -0.39 is 0 Å². The average Bonchev–Trinajstić information content (AvgIpc) is 2.77. The molecular weight excluding hydrogens is 220 g/mol. The van der Waals surface area contributed by atoms with E-state index in [4.69, 9.17) is 5.73 Å². The smallest absolute Gasteiger partial charge is 0.0459 e. The van der Waals surface area contributed by atoms with Gasteiger partial charge in [-0.2, -0.15) is 0 Å². The molecular formula is C16H16N2. The van der Waals surface area contributed by atoms with E-state index in [9.17, 15) is 0 Å². The molecule has 2 nitrogen and oxygen atoms in total. The highest BCUT2D eigenvalue weighted by Gasteiger charge is 2.09. The summed E-state index contributed by atoms with van der Waals surface area (Å²) >= 11 is 0. The van der Waals surface area contributed by atoms with Crippen LogP contribution in [0.4, 0.5) is 0 Å². The number of hydrogen-bond donors (Lipinski definition) is 2. The Morgan fingerprint density at radius 3 is 2.39 bits per heavy atom. The second-order valence-electron chi connectivity index (χ2n) is 4.49. The van der Waals surface area contributed by atoms with Gasteiger partial charge in [0.25, 0.3) is 0 Å². The van der Waals surface area contributed by atoms with Crippen LogP contribution >= 0.6 is 0 Å². The minimum atomic E-state index is 0.576. The highest BCUT2D eigenvalue weighted by Crippen LogP contribution is 2.23. The summed E-state index contributed by atoms with van der Waals surface area (Å²) in [6.45, 7) is 0.576. The zero-order chi connectivity index (χ0) is 12.4. The molecule has 2 aromatic carbocycles. The lowest BCUT2D eigenvalue weighted by atomic mass is 10.0. The van der Waals surface area contributed by atoms with Crippen molar-refractivity contribution in [1.82, 2.24) is 4.98 Å². The van der Waals surface area contributed by atoms with Gasteiger partial charge in [0.05, 0.1) is 0 Å². The highest BCUT2D eigenvalue weighted by molar-refractivity contribution is 5.84. The van der Waals surface area contributed by atoms with Gasteiger partial charge in [-0.25, -0.2) is 0 Å². The molecule has 0 aliphatic heterocycles. The molecule has 0 unspecified atom stereocenters. The summed E-state index contributed by atoms with van der Waals surface area (Å²) in [5.74, 6) is 0. The lowest BCUT2D eigenvalue weighted by Crippen LogP contribution is -2.00. The molecule has 3 N–H and O–H groups in total. The lowest BCUT2D eigenvalue weighted by Gasteiger charge is -2.02. The van der Waals surface area contributed by atoms with Crippen LogP contribution in [0.1, 0.15) is 16.8 Å². The molecule has 90 valence electrons. The van der Waals surface area contributed by atoms with Crippen LogP contribution in [0.3, 0.4) is 0 Å². The summed E-state index contributed by atoms with van der Waals surface area (Å²) in [5.41, 5.74) is 10.8. The number of fused-ring (bicyclic) bond motifs is 1. The number of aromatic nitrogens is 1. The van der Waals surface area contributed by atoms with Gasteiger partial charge in [0.15, 0.2) is 0 Å². The summed E-state index contributed by atoms with van der Waals surface area (Å²) in [6.07, 6.45) is 0.905. The van der Waals surface area contributed by atoms with Crippen molar-refractivity contribution in [3.63, 3.8) is 0 Å². The third kappa shape index (κ3) is 1.91. The molecule has 0 spiro atoms. The molecule has 0 radical (unpaired) electrons. The molecule has 0 saturated heterocycles. The fraction of sp³-hybridized carbons (Fsp3) is 0.125. The molecule has 3 aromatic rings. The minimum absolute atomic E-state index is 0.576. The molecule has 0 aliphatic rings. The van der Waals surface area contributed by atoms with E-state index in [0.717, 1.165) is 6.42 Å². The van der Waals surface area contributed by atoms with E-state index in [1.807, 2.05) is 12.1 Å². The Hall–Kier alpha value is -2.06. The second-order valence-corrected chi connectivity index (χ2v) is 4.49. The van der Waals surface area contributed by atoms with E-state index in [-0.39, 0.29) is 0 Å². The van der Waals surface area contributed by atoms with Crippen molar-refractivity contribution < 1.29 is 0 Å².